The van der Waals surface area contributed by atoms with Crippen molar-refractivity contribution in [2.45, 2.75) is 50.3 Å². The second-order valence-electron chi connectivity index (χ2n) is 3.06. The molecule has 0 saturated carbocycles. The molecule has 3 radical (unpaired) electrons. The molecule has 0 heterocycles. The van der Waals surface area contributed by atoms with Crippen LogP contribution in [0, 0.1) is 0 Å². The third-order valence-corrected chi connectivity index (χ3v) is 2.64. The molecule has 13 heavy (non-hydrogen) atoms. The maximum absolute atomic E-state index is 5.58. The summed E-state index contributed by atoms with van der Waals surface area (Å²) >= 11 is 1.61. The van der Waals surface area contributed by atoms with Crippen LogP contribution in [0.1, 0.15) is 39.5 Å². The van der Waals surface area contributed by atoms with Crippen molar-refractivity contribution in [1.29, 1.82) is 0 Å². The molecule has 0 aliphatic rings. The molecule has 0 spiro atoms. The Morgan fingerprint density at radius 3 is 2.00 bits per heavy atom. The van der Waals surface area contributed by atoms with Gasteiger partial charge >= 0.3 is 95.5 Å². The molecule has 0 aromatic rings. The zero-order valence-electron chi connectivity index (χ0n) is 8.84. The van der Waals surface area contributed by atoms with Gasteiger partial charge in [0.25, 0.3) is 0 Å². The van der Waals surface area contributed by atoms with Gasteiger partial charge in [-0.1, -0.05) is 0 Å². The van der Waals surface area contributed by atoms with E-state index in [1.807, 2.05) is 0 Å². The van der Waals surface area contributed by atoms with Crippen LogP contribution in [0.15, 0.2) is 0 Å². The molecule has 3 heteroatoms. The molecular weight excluding hydrogens is 271 g/mol. The average Bonchev–Trinajstić information content (AvgIpc) is 2.17. The van der Waals surface area contributed by atoms with Gasteiger partial charge < -0.3 is 0 Å². The molecular formula is C10H21O2Sn. The van der Waals surface area contributed by atoms with E-state index in [2.05, 4.69) is 13.8 Å². The Labute approximate surface area is 95.5 Å². The van der Waals surface area contributed by atoms with Gasteiger partial charge in [-0.2, -0.15) is 0 Å². The van der Waals surface area contributed by atoms with E-state index in [4.69, 9.17) is 9.47 Å². The van der Waals surface area contributed by atoms with Crippen molar-refractivity contribution >= 4 is 22.5 Å². The molecule has 0 N–H and O–H groups in total. The van der Waals surface area contributed by atoms with Gasteiger partial charge in [-0.3, -0.25) is 0 Å². The summed E-state index contributed by atoms with van der Waals surface area (Å²) in [4.78, 5) is 0. The quantitative estimate of drug-likeness (QED) is 0.480. The fourth-order valence-electron chi connectivity index (χ4n) is 0.982. The maximum atomic E-state index is 5.58. The van der Waals surface area contributed by atoms with Gasteiger partial charge in [0.1, 0.15) is 0 Å². The van der Waals surface area contributed by atoms with E-state index in [1.54, 1.807) is 22.5 Å². The third-order valence-electron chi connectivity index (χ3n) is 1.63. The van der Waals surface area contributed by atoms with Crippen molar-refractivity contribution in [3.63, 3.8) is 0 Å². The number of rotatable bonds is 9. The molecule has 0 fully saturated rings. The van der Waals surface area contributed by atoms with Crippen molar-refractivity contribution in [1.82, 2.24) is 0 Å². The summed E-state index contributed by atoms with van der Waals surface area (Å²) in [5.74, 6) is 0. The Kier molecular flexibility index (Phi) is 11.4. The van der Waals surface area contributed by atoms with E-state index in [9.17, 15) is 0 Å². The second-order valence-corrected chi connectivity index (χ2v) is 4.49. The Hall–Kier alpha value is 0.719. The van der Waals surface area contributed by atoms with Crippen LogP contribution in [0.4, 0.5) is 0 Å². The molecule has 2 nitrogen and oxygen atoms in total. The molecule has 0 aliphatic carbocycles. The monoisotopic (exact) mass is 293 g/mol. The molecule has 0 atom stereocenters. The van der Waals surface area contributed by atoms with E-state index in [1.165, 1.54) is 10.9 Å². The predicted molar refractivity (Wildman–Crippen MR) is 56.1 cm³/mol. The van der Waals surface area contributed by atoms with E-state index in [0.717, 1.165) is 32.5 Å². The number of hydrogen-bond donors (Lipinski definition) is 0. The van der Waals surface area contributed by atoms with Gasteiger partial charge in [-0.15, -0.1) is 0 Å². The first-order chi connectivity index (χ1) is 6.35. The van der Waals surface area contributed by atoms with Crippen molar-refractivity contribution < 1.29 is 9.47 Å². The normalized spacial score (nSPS) is 11.1. The van der Waals surface area contributed by atoms with Gasteiger partial charge in [0, 0.05) is 0 Å². The van der Waals surface area contributed by atoms with Crippen LogP contribution in [0.3, 0.4) is 0 Å². The Morgan fingerprint density at radius 1 is 1.08 bits per heavy atom. The number of ether oxygens (including phenoxy) is 2. The SMILES string of the molecule is CCCOC(CC[CH2][Sn])OCCC. The van der Waals surface area contributed by atoms with Crippen LogP contribution in [0.25, 0.3) is 0 Å². The van der Waals surface area contributed by atoms with Crippen molar-refractivity contribution in [3.8, 4) is 0 Å². The zero-order valence-corrected chi connectivity index (χ0v) is 11.7. The van der Waals surface area contributed by atoms with Gasteiger partial charge in [-0.25, -0.2) is 0 Å². The van der Waals surface area contributed by atoms with Crippen LogP contribution < -0.4 is 0 Å². The summed E-state index contributed by atoms with van der Waals surface area (Å²) in [5.41, 5.74) is 0. The fraction of sp³-hybridized carbons (Fsp3) is 1.00. The van der Waals surface area contributed by atoms with Crippen LogP contribution in [-0.4, -0.2) is 42.0 Å². The van der Waals surface area contributed by atoms with Gasteiger partial charge in [-0.05, 0) is 0 Å². The predicted octanol–water partition coefficient (Wildman–Crippen LogP) is 2.53. The molecule has 77 valence electrons. The molecule has 0 unspecified atom stereocenters. The summed E-state index contributed by atoms with van der Waals surface area (Å²) in [5, 5.41) is 0. The van der Waals surface area contributed by atoms with Crippen molar-refractivity contribution in [3.05, 3.63) is 0 Å². The van der Waals surface area contributed by atoms with Gasteiger partial charge in [0.15, 0.2) is 0 Å². The summed E-state index contributed by atoms with van der Waals surface area (Å²) < 4.78 is 12.5. The first kappa shape index (κ1) is 13.7. The molecule has 0 saturated heterocycles. The summed E-state index contributed by atoms with van der Waals surface area (Å²) in [7, 11) is 0. The minimum atomic E-state index is 0.0559. The van der Waals surface area contributed by atoms with Gasteiger partial charge in [0.05, 0.1) is 0 Å². The van der Waals surface area contributed by atoms with Crippen LogP contribution in [-0.2, 0) is 9.47 Å². The first-order valence-corrected chi connectivity index (χ1v) is 7.24. The molecule has 0 aromatic heterocycles. The second kappa shape index (κ2) is 10.8. The Bertz CT molecular complexity index is 79.9. The minimum absolute atomic E-state index is 0.0559. The van der Waals surface area contributed by atoms with E-state index >= 15 is 0 Å². The summed E-state index contributed by atoms with van der Waals surface area (Å²) in [6, 6.07) is 0. The van der Waals surface area contributed by atoms with Gasteiger partial charge in [0.2, 0.25) is 0 Å². The molecule has 0 amide bonds. The Morgan fingerprint density at radius 2 is 1.62 bits per heavy atom. The fourth-order valence-corrected chi connectivity index (χ4v) is 1.56. The topological polar surface area (TPSA) is 18.5 Å². The number of hydrogen-bond acceptors (Lipinski definition) is 2. The first-order valence-electron chi connectivity index (χ1n) is 5.22. The van der Waals surface area contributed by atoms with Crippen LogP contribution in [0.5, 0.6) is 0 Å². The standard InChI is InChI=1S/C10H21O2.Sn/c1-4-7-10(11-8-5-2)12-9-6-3;/h10H,1,4-9H2,2-3H3;. The molecule has 0 rings (SSSR count). The van der Waals surface area contributed by atoms with E-state index < -0.39 is 0 Å². The van der Waals surface area contributed by atoms with Crippen LogP contribution >= 0.6 is 0 Å². The van der Waals surface area contributed by atoms with Crippen LogP contribution in [0.2, 0.25) is 4.44 Å². The molecule has 0 aromatic carbocycles. The third kappa shape index (κ3) is 9.03. The van der Waals surface area contributed by atoms with Crippen molar-refractivity contribution in [2.75, 3.05) is 13.2 Å². The molecule has 0 bridgehead atoms. The Balaban J connectivity index is 3.47. The molecule has 0 aliphatic heterocycles. The van der Waals surface area contributed by atoms with Crippen molar-refractivity contribution in [2.24, 2.45) is 0 Å². The summed E-state index contributed by atoms with van der Waals surface area (Å²) in [6.45, 7) is 5.90. The van der Waals surface area contributed by atoms with E-state index in [0.29, 0.717) is 0 Å². The average molecular weight is 292 g/mol. The zero-order chi connectivity index (χ0) is 9.94. The summed E-state index contributed by atoms with van der Waals surface area (Å²) in [6.07, 6.45) is 4.50. The van der Waals surface area contributed by atoms with E-state index in [-0.39, 0.29) is 6.29 Å².